The number of likely N-dealkylation sites (tertiary alicyclic amines) is 2. The highest BCUT2D eigenvalue weighted by Crippen LogP contribution is 2.49. The average Bonchev–Trinajstić information content (AvgIpc) is 3.36. The zero-order valence-corrected chi connectivity index (χ0v) is 23.3. The third-order valence-corrected chi connectivity index (χ3v) is 8.53. The Kier molecular flexibility index (Phi) is 7.01. The Morgan fingerprint density at radius 1 is 1.10 bits per heavy atom. The van der Waals surface area contributed by atoms with Crippen LogP contribution in [0.4, 0.5) is 0 Å². The minimum absolute atomic E-state index is 0.000818. The topological polar surface area (TPSA) is 101 Å². The van der Waals surface area contributed by atoms with E-state index in [1.54, 1.807) is 23.6 Å². The molecule has 1 aromatic heterocycles. The van der Waals surface area contributed by atoms with Crippen LogP contribution in [0.1, 0.15) is 43.7 Å². The van der Waals surface area contributed by atoms with Gasteiger partial charge in [0.05, 0.1) is 11.0 Å². The molecule has 8 heteroatoms. The molecule has 3 amide bonds. The van der Waals surface area contributed by atoms with Crippen molar-refractivity contribution in [1.82, 2.24) is 19.7 Å². The molecule has 39 heavy (non-hydrogen) atoms. The lowest BCUT2D eigenvalue weighted by Gasteiger charge is -2.43. The lowest BCUT2D eigenvalue weighted by molar-refractivity contribution is -0.145. The van der Waals surface area contributed by atoms with E-state index in [2.05, 4.69) is 17.4 Å². The number of carbonyl (C=O) groups is 3. The standard InChI is InChI=1S/C31H39N5O3/c1-30(2,32)28(38)33-25(17-22-18-34(3)26-14-9-8-13-23(22)26)27(37)36-16-10-15-31(20-36)24(19-35(4)29(31)39)21-11-6-5-7-12-21/h5-9,11-14,18,24-25H,10,15-17,19-20,32H2,1-4H3,(H,33,38). The number of aryl methyl sites for hydroxylation is 1. The van der Waals surface area contributed by atoms with Gasteiger partial charge in [-0.25, -0.2) is 0 Å². The second-order valence-electron chi connectivity index (χ2n) is 11.9. The molecule has 1 spiro atoms. The molecular formula is C31H39N5O3. The number of hydrogen-bond donors (Lipinski definition) is 2. The van der Waals surface area contributed by atoms with Crippen molar-refractivity contribution in [1.29, 1.82) is 0 Å². The van der Waals surface area contributed by atoms with E-state index in [0.717, 1.165) is 34.9 Å². The molecule has 5 rings (SSSR count). The Hall–Kier alpha value is -3.65. The van der Waals surface area contributed by atoms with Gasteiger partial charge in [-0.2, -0.15) is 0 Å². The molecule has 8 nitrogen and oxygen atoms in total. The molecule has 3 N–H and O–H groups in total. The van der Waals surface area contributed by atoms with E-state index in [1.807, 2.05) is 67.3 Å². The molecule has 3 aromatic rings. The van der Waals surface area contributed by atoms with Gasteiger partial charge in [0.2, 0.25) is 17.7 Å². The highest BCUT2D eigenvalue weighted by atomic mass is 16.2. The zero-order chi connectivity index (χ0) is 27.9. The maximum atomic E-state index is 14.2. The number of nitrogens with zero attached hydrogens (tertiary/aromatic N) is 3. The van der Waals surface area contributed by atoms with Gasteiger partial charge in [-0.05, 0) is 43.9 Å². The fourth-order valence-electron chi connectivity index (χ4n) is 6.47. The number of nitrogens with two attached hydrogens (primary N) is 1. The van der Waals surface area contributed by atoms with Gasteiger partial charge in [0, 0.05) is 63.2 Å². The number of benzene rings is 2. The molecule has 3 atom stereocenters. The molecule has 3 heterocycles. The quantitative estimate of drug-likeness (QED) is 0.513. The molecule has 2 fully saturated rings. The maximum Gasteiger partial charge on any atom is 0.245 e. The lowest BCUT2D eigenvalue weighted by Crippen LogP contribution is -2.59. The van der Waals surface area contributed by atoms with Crippen LogP contribution < -0.4 is 11.1 Å². The van der Waals surface area contributed by atoms with Gasteiger partial charge < -0.3 is 25.4 Å². The van der Waals surface area contributed by atoms with Crippen molar-refractivity contribution < 1.29 is 14.4 Å². The first kappa shape index (κ1) is 26.9. The number of fused-ring (bicyclic) bond motifs is 1. The van der Waals surface area contributed by atoms with E-state index >= 15 is 0 Å². The molecule has 206 valence electrons. The van der Waals surface area contributed by atoms with Gasteiger partial charge in [0.25, 0.3) is 0 Å². The lowest BCUT2D eigenvalue weighted by atomic mass is 9.69. The number of para-hydroxylation sites is 1. The fraction of sp³-hybridized carbons (Fsp3) is 0.452. The van der Waals surface area contributed by atoms with E-state index in [-0.39, 0.29) is 23.6 Å². The normalized spacial score (nSPS) is 22.5. The minimum Gasteiger partial charge on any atom is -0.350 e. The molecule has 0 aliphatic carbocycles. The Morgan fingerprint density at radius 3 is 2.51 bits per heavy atom. The van der Waals surface area contributed by atoms with Gasteiger partial charge in [0.1, 0.15) is 6.04 Å². The number of piperidine rings is 1. The van der Waals surface area contributed by atoms with Crippen molar-refractivity contribution in [2.75, 3.05) is 26.7 Å². The Labute approximate surface area is 230 Å². The Morgan fingerprint density at radius 2 is 1.79 bits per heavy atom. The number of amides is 3. The maximum absolute atomic E-state index is 14.2. The predicted octanol–water partition coefficient (Wildman–Crippen LogP) is 2.81. The molecule has 0 radical (unpaired) electrons. The second-order valence-corrected chi connectivity index (χ2v) is 11.9. The van der Waals surface area contributed by atoms with Crippen molar-refractivity contribution in [3.63, 3.8) is 0 Å². The van der Waals surface area contributed by atoms with Crippen LogP contribution in [-0.2, 0) is 27.9 Å². The van der Waals surface area contributed by atoms with E-state index in [0.29, 0.717) is 26.1 Å². The van der Waals surface area contributed by atoms with E-state index < -0.39 is 17.0 Å². The van der Waals surface area contributed by atoms with Gasteiger partial charge >= 0.3 is 0 Å². The second kappa shape index (κ2) is 10.2. The van der Waals surface area contributed by atoms with Gasteiger partial charge in [-0.15, -0.1) is 0 Å². The first-order chi connectivity index (χ1) is 18.5. The van der Waals surface area contributed by atoms with Crippen LogP contribution in [0.5, 0.6) is 0 Å². The van der Waals surface area contributed by atoms with Crippen LogP contribution in [0.15, 0.2) is 60.8 Å². The summed E-state index contributed by atoms with van der Waals surface area (Å²) >= 11 is 0. The van der Waals surface area contributed by atoms with Crippen molar-refractivity contribution in [2.45, 2.75) is 50.6 Å². The number of aromatic nitrogens is 1. The molecule has 3 unspecified atom stereocenters. The molecule has 2 saturated heterocycles. The molecule has 2 aliphatic rings. The zero-order valence-electron chi connectivity index (χ0n) is 23.3. The van der Waals surface area contributed by atoms with Gasteiger partial charge in [0.15, 0.2) is 0 Å². The first-order valence-electron chi connectivity index (χ1n) is 13.7. The van der Waals surface area contributed by atoms with Crippen molar-refractivity contribution >= 4 is 28.6 Å². The number of carbonyl (C=O) groups excluding carboxylic acids is 3. The summed E-state index contributed by atoms with van der Waals surface area (Å²) in [6.07, 6.45) is 3.81. The first-order valence-corrected chi connectivity index (χ1v) is 13.7. The van der Waals surface area contributed by atoms with Crippen molar-refractivity contribution in [3.8, 4) is 0 Å². The highest BCUT2D eigenvalue weighted by Gasteiger charge is 2.55. The third kappa shape index (κ3) is 4.93. The van der Waals surface area contributed by atoms with Gasteiger partial charge in [-0.1, -0.05) is 48.5 Å². The molecular weight excluding hydrogens is 490 g/mol. The summed E-state index contributed by atoms with van der Waals surface area (Å²) in [6.45, 7) is 4.78. The van der Waals surface area contributed by atoms with Crippen LogP contribution in [-0.4, -0.2) is 70.4 Å². The summed E-state index contributed by atoms with van der Waals surface area (Å²) < 4.78 is 2.04. The number of rotatable bonds is 6. The summed E-state index contributed by atoms with van der Waals surface area (Å²) in [6, 6.07) is 17.4. The van der Waals surface area contributed by atoms with Gasteiger partial charge in [-0.3, -0.25) is 14.4 Å². The predicted molar refractivity (Wildman–Crippen MR) is 152 cm³/mol. The third-order valence-electron chi connectivity index (χ3n) is 8.53. The largest absolute Gasteiger partial charge is 0.350 e. The Bertz CT molecular complexity index is 1390. The smallest absolute Gasteiger partial charge is 0.245 e. The van der Waals surface area contributed by atoms with Crippen molar-refractivity contribution in [3.05, 3.63) is 71.9 Å². The monoisotopic (exact) mass is 529 g/mol. The molecule has 2 aliphatic heterocycles. The summed E-state index contributed by atoms with van der Waals surface area (Å²) in [4.78, 5) is 44.5. The van der Waals surface area contributed by atoms with Crippen molar-refractivity contribution in [2.24, 2.45) is 18.2 Å². The SMILES string of the molecule is CN1CC(c2ccccc2)C2(CCCN(C(=O)C(Cc3cn(C)c4ccccc34)NC(=O)C(C)(C)N)C2)C1=O. The summed E-state index contributed by atoms with van der Waals surface area (Å²) in [7, 11) is 3.82. The summed E-state index contributed by atoms with van der Waals surface area (Å²) in [5.74, 6) is -0.465. The molecule has 2 aromatic carbocycles. The van der Waals surface area contributed by atoms with E-state index in [4.69, 9.17) is 5.73 Å². The van der Waals surface area contributed by atoms with E-state index in [1.165, 1.54) is 0 Å². The average molecular weight is 530 g/mol. The molecule has 0 bridgehead atoms. The van der Waals surface area contributed by atoms with E-state index in [9.17, 15) is 14.4 Å². The number of hydrogen-bond acceptors (Lipinski definition) is 4. The van der Waals surface area contributed by atoms with Crippen LogP contribution in [0.3, 0.4) is 0 Å². The number of nitrogens with one attached hydrogen (secondary N) is 1. The van der Waals surface area contributed by atoms with Crippen LogP contribution in [0.25, 0.3) is 10.9 Å². The number of likely N-dealkylation sites (N-methyl/N-ethyl adjacent to an activating group) is 1. The summed E-state index contributed by atoms with van der Waals surface area (Å²) in [5, 5.41) is 4.01. The molecule has 0 saturated carbocycles. The Balaban J connectivity index is 1.47. The van der Waals surface area contributed by atoms with Crippen LogP contribution in [0.2, 0.25) is 0 Å². The van der Waals surface area contributed by atoms with Crippen LogP contribution >= 0.6 is 0 Å². The minimum atomic E-state index is -1.14. The summed E-state index contributed by atoms with van der Waals surface area (Å²) in [5.41, 5.74) is 7.46. The fourth-order valence-corrected chi connectivity index (χ4v) is 6.47. The van der Waals surface area contributed by atoms with Crippen LogP contribution in [0, 0.1) is 5.41 Å². The highest BCUT2D eigenvalue weighted by molar-refractivity contribution is 5.93.